The molecule has 1 aliphatic heterocycles. The van der Waals surface area contributed by atoms with Crippen molar-refractivity contribution in [2.45, 2.75) is 52.3 Å². The summed E-state index contributed by atoms with van der Waals surface area (Å²) in [5.74, 6) is 0.714. The highest BCUT2D eigenvalue weighted by Gasteiger charge is 2.19. The van der Waals surface area contributed by atoms with Gasteiger partial charge in [0.2, 0.25) is 0 Å². The molecule has 1 N–H and O–H groups in total. The molecular weight excluding hydrogens is 336 g/mol. The number of nitrogens with one attached hydrogen (secondary N) is 1. The van der Waals surface area contributed by atoms with E-state index in [-0.39, 0.29) is 5.91 Å². The third kappa shape index (κ3) is 5.33. The van der Waals surface area contributed by atoms with E-state index in [0.29, 0.717) is 13.0 Å². The molecule has 1 saturated heterocycles. The van der Waals surface area contributed by atoms with Crippen molar-refractivity contribution < 1.29 is 9.53 Å². The molecule has 0 spiro atoms. The molecule has 1 atom stereocenters. The summed E-state index contributed by atoms with van der Waals surface area (Å²) in [6.07, 6.45) is 2.73. The Morgan fingerprint density at radius 3 is 2.44 bits per heavy atom. The van der Waals surface area contributed by atoms with E-state index in [2.05, 4.69) is 28.4 Å². The smallest absolute Gasteiger partial charge is 0.261 e. The van der Waals surface area contributed by atoms with Gasteiger partial charge in [-0.1, -0.05) is 49.4 Å². The second-order valence-corrected chi connectivity index (χ2v) is 7.25. The molecule has 4 heteroatoms. The maximum Gasteiger partial charge on any atom is 0.261 e. The van der Waals surface area contributed by atoms with Gasteiger partial charge in [0.25, 0.3) is 5.91 Å². The Hall–Kier alpha value is -2.33. The minimum Gasteiger partial charge on any atom is -0.480 e. The number of amides is 1. The van der Waals surface area contributed by atoms with E-state index in [4.69, 9.17) is 4.74 Å². The van der Waals surface area contributed by atoms with Gasteiger partial charge in [-0.15, -0.1) is 0 Å². The molecule has 2 aromatic carbocycles. The van der Waals surface area contributed by atoms with E-state index < -0.39 is 6.10 Å². The van der Waals surface area contributed by atoms with Crippen molar-refractivity contribution in [3.63, 3.8) is 0 Å². The molecule has 0 aliphatic carbocycles. The number of nitrogens with zero attached hydrogens (tertiary/aromatic N) is 1. The van der Waals surface area contributed by atoms with Gasteiger partial charge in [-0.3, -0.25) is 9.69 Å². The molecule has 3 rings (SSSR count). The van der Waals surface area contributed by atoms with E-state index in [1.54, 1.807) is 0 Å². The fourth-order valence-electron chi connectivity index (χ4n) is 3.53. The van der Waals surface area contributed by atoms with Crippen LogP contribution in [0.3, 0.4) is 0 Å². The molecule has 0 radical (unpaired) electrons. The van der Waals surface area contributed by atoms with Gasteiger partial charge < -0.3 is 10.1 Å². The van der Waals surface area contributed by atoms with E-state index in [1.807, 2.05) is 44.2 Å². The standard InChI is InChI=1S/C23H30N2O2/c1-3-21(27-22-13-7-4-10-18(22)2)23(26)24-16-19-11-5-6-12-20(19)17-25-14-8-9-15-25/h4-7,10-13,21H,3,8-9,14-17H2,1-2H3,(H,24,26)/t21-/m1/s1. The molecule has 1 heterocycles. The first-order chi connectivity index (χ1) is 13.2. The number of carbonyl (C=O) groups is 1. The van der Waals surface area contributed by atoms with Gasteiger partial charge in [0, 0.05) is 13.1 Å². The summed E-state index contributed by atoms with van der Waals surface area (Å²) >= 11 is 0. The lowest BCUT2D eigenvalue weighted by Gasteiger charge is -2.20. The Bertz CT molecular complexity index is 754. The first-order valence-corrected chi connectivity index (χ1v) is 9.96. The second-order valence-electron chi connectivity index (χ2n) is 7.25. The number of hydrogen-bond acceptors (Lipinski definition) is 3. The van der Waals surface area contributed by atoms with E-state index in [0.717, 1.165) is 17.9 Å². The molecule has 144 valence electrons. The summed E-state index contributed by atoms with van der Waals surface area (Å²) in [4.78, 5) is 15.2. The molecule has 2 aromatic rings. The molecular formula is C23H30N2O2. The molecule has 0 unspecified atom stereocenters. The zero-order chi connectivity index (χ0) is 19.1. The maximum atomic E-state index is 12.7. The van der Waals surface area contributed by atoms with Gasteiger partial charge in [0.15, 0.2) is 6.10 Å². The average molecular weight is 367 g/mol. The monoisotopic (exact) mass is 366 g/mol. The zero-order valence-electron chi connectivity index (χ0n) is 16.4. The SMILES string of the molecule is CC[C@@H](Oc1ccccc1C)C(=O)NCc1ccccc1CN1CCCC1. The molecule has 27 heavy (non-hydrogen) atoms. The third-order valence-electron chi connectivity index (χ3n) is 5.19. The Labute approximate surface area is 162 Å². The van der Waals surface area contributed by atoms with Crippen LogP contribution >= 0.6 is 0 Å². The summed E-state index contributed by atoms with van der Waals surface area (Å²) in [6.45, 7) is 7.81. The predicted molar refractivity (Wildman–Crippen MR) is 109 cm³/mol. The highest BCUT2D eigenvalue weighted by molar-refractivity contribution is 5.81. The minimum absolute atomic E-state index is 0.0586. The first-order valence-electron chi connectivity index (χ1n) is 9.96. The quantitative estimate of drug-likeness (QED) is 0.766. The predicted octanol–water partition coefficient (Wildman–Crippen LogP) is 4.06. The topological polar surface area (TPSA) is 41.6 Å². The number of rotatable bonds is 8. The number of likely N-dealkylation sites (tertiary alicyclic amines) is 1. The van der Waals surface area contributed by atoms with E-state index >= 15 is 0 Å². The molecule has 4 nitrogen and oxygen atoms in total. The van der Waals surface area contributed by atoms with Crippen LogP contribution in [0.2, 0.25) is 0 Å². The van der Waals surface area contributed by atoms with Crippen molar-refractivity contribution in [3.8, 4) is 5.75 Å². The summed E-state index contributed by atoms with van der Waals surface area (Å²) in [5.41, 5.74) is 3.52. The van der Waals surface area contributed by atoms with E-state index in [9.17, 15) is 4.79 Å². The van der Waals surface area contributed by atoms with Crippen molar-refractivity contribution >= 4 is 5.91 Å². The van der Waals surface area contributed by atoms with E-state index in [1.165, 1.54) is 37.1 Å². The van der Waals surface area contributed by atoms with Crippen molar-refractivity contribution in [3.05, 3.63) is 65.2 Å². The lowest BCUT2D eigenvalue weighted by atomic mass is 10.1. The lowest BCUT2D eigenvalue weighted by Crippen LogP contribution is -2.38. The highest BCUT2D eigenvalue weighted by Crippen LogP contribution is 2.19. The molecule has 1 aliphatic rings. The summed E-state index contributed by atoms with van der Waals surface area (Å²) in [5, 5.41) is 3.07. The molecule has 0 saturated carbocycles. The Morgan fingerprint density at radius 2 is 1.74 bits per heavy atom. The number of carbonyl (C=O) groups excluding carboxylic acids is 1. The summed E-state index contributed by atoms with van der Waals surface area (Å²) in [7, 11) is 0. The van der Waals surface area contributed by atoms with Crippen LogP contribution in [0.25, 0.3) is 0 Å². The largest absolute Gasteiger partial charge is 0.480 e. The normalized spacial score (nSPS) is 15.5. The van der Waals surface area contributed by atoms with Crippen LogP contribution in [-0.2, 0) is 17.9 Å². The molecule has 1 amide bonds. The fraction of sp³-hybridized carbons (Fsp3) is 0.435. The van der Waals surface area contributed by atoms with Gasteiger partial charge >= 0.3 is 0 Å². The fourth-order valence-corrected chi connectivity index (χ4v) is 3.53. The number of ether oxygens (including phenoxy) is 1. The van der Waals surface area contributed by atoms with Crippen LogP contribution in [0.1, 0.15) is 42.9 Å². The number of para-hydroxylation sites is 1. The van der Waals surface area contributed by atoms with Gasteiger partial charge in [-0.2, -0.15) is 0 Å². The number of aryl methyl sites for hydroxylation is 1. The van der Waals surface area contributed by atoms with Crippen molar-refractivity contribution in [2.75, 3.05) is 13.1 Å². The van der Waals surface area contributed by atoms with Gasteiger partial charge in [-0.25, -0.2) is 0 Å². The first kappa shape index (κ1) is 19.4. The van der Waals surface area contributed by atoms with Crippen LogP contribution in [0.15, 0.2) is 48.5 Å². The van der Waals surface area contributed by atoms with Crippen LogP contribution in [0.5, 0.6) is 5.75 Å². The minimum atomic E-state index is -0.475. The van der Waals surface area contributed by atoms with Crippen molar-refractivity contribution in [1.82, 2.24) is 10.2 Å². The van der Waals surface area contributed by atoms with Crippen molar-refractivity contribution in [2.24, 2.45) is 0 Å². The highest BCUT2D eigenvalue weighted by atomic mass is 16.5. The second kappa shape index (κ2) is 9.56. The van der Waals surface area contributed by atoms with Crippen LogP contribution in [-0.4, -0.2) is 30.0 Å². The van der Waals surface area contributed by atoms with Gasteiger partial charge in [-0.05, 0) is 62.0 Å². The van der Waals surface area contributed by atoms with Crippen LogP contribution in [0.4, 0.5) is 0 Å². The Balaban J connectivity index is 1.60. The lowest BCUT2D eigenvalue weighted by molar-refractivity contribution is -0.128. The molecule has 1 fully saturated rings. The van der Waals surface area contributed by atoms with Crippen molar-refractivity contribution in [1.29, 1.82) is 0 Å². The van der Waals surface area contributed by atoms with Crippen LogP contribution in [0, 0.1) is 6.92 Å². The summed E-state index contributed by atoms with van der Waals surface area (Å²) in [6, 6.07) is 16.2. The Kier molecular flexibility index (Phi) is 6.88. The summed E-state index contributed by atoms with van der Waals surface area (Å²) < 4.78 is 5.96. The van der Waals surface area contributed by atoms with Gasteiger partial charge in [0.05, 0.1) is 0 Å². The number of benzene rings is 2. The van der Waals surface area contributed by atoms with Crippen LogP contribution < -0.4 is 10.1 Å². The number of hydrogen-bond donors (Lipinski definition) is 1. The zero-order valence-corrected chi connectivity index (χ0v) is 16.4. The molecule has 0 aromatic heterocycles. The maximum absolute atomic E-state index is 12.7. The average Bonchev–Trinajstić information content (AvgIpc) is 3.19. The molecule has 0 bridgehead atoms. The Morgan fingerprint density at radius 1 is 1.07 bits per heavy atom. The van der Waals surface area contributed by atoms with Gasteiger partial charge in [0.1, 0.15) is 5.75 Å². The third-order valence-corrected chi connectivity index (χ3v) is 5.19.